The average Bonchev–Trinajstić information content (AvgIpc) is 3.60. The summed E-state index contributed by atoms with van der Waals surface area (Å²) in [6.07, 6.45) is -4.99. The highest BCUT2D eigenvalue weighted by Gasteiger charge is 2.53. The highest BCUT2D eigenvalue weighted by atomic mass is 32.2. The molecule has 0 aromatic carbocycles. The molecule has 2 aliphatic rings. The average molecular weight is 944 g/mol. The molecule has 1 fully saturated rings. The molecule has 356 valence electrons. The zero-order valence-electron chi connectivity index (χ0n) is 37.7. The summed E-state index contributed by atoms with van der Waals surface area (Å²) in [5.41, 5.74) is 3.67. The van der Waals surface area contributed by atoms with Crippen molar-refractivity contribution in [2.75, 3.05) is 31.8 Å². The van der Waals surface area contributed by atoms with Gasteiger partial charge in [-0.15, -0.1) is 23.1 Å². The minimum Gasteiger partial charge on any atom is -0.460 e. The number of esters is 3. The van der Waals surface area contributed by atoms with Crippen molar-refractivity contribution in [2.24, 2.45) is 17.0 Å². The van der Waals surface area contributed by atoms with E-state index in [4.69, 9.17) is 43.7 Å². The standard InChI is InChI=1S/C39H57N7O16S2/c1-18(2)24(43-35(52)61-38(6,7)8)32(50)56-15-21(16-57-33(51)25(19(3)4)44-36(53)62-39(9,10)11)60-37(54)59-20(5)58-31(49)23-13-14-63-30-27(29(48)46(23)30)42-28(47)26(45-55-12)22-17-64-34(40)41-22/h13,17-21,24-25,27,30H,14-16H2,1-12H3,(H2,40,41)(H,42,47)(H,43,52)(H,44,53)/b45-26-/t20?,24-,25-,27?,30-/m0/s1. The molecule has 25 heteroatoms. The van der Waals surface area contributed by atoms with Crippen LogP contribution in [0.25, 0.3) is 0 Å². The summed E-state index contributed by atoms with van der Waals surface area (Å²) < 4.78 is 37.0. The third kappa shape index (κ3) is 15.7. The maximum atomic E-state index is 13.3. The molecular formula is C39H57N7O16S2. The first-order valence-corrected chi connectivity index (χ1v) is 21.8. The number of aromatic nitrogens is 1. The third-order valence-electron chi connectivity index (χ3n) is 8.31. The number of hydrogen-bond donors (Lipinski definition) is 4. The van der Waals surface area contributed by atoms with Crippen LogP contribution in [0.5, 0.6) is 0 Å². The number of anilines is 1. The first kappa shape index (κ1) is 52.5. The van der Waals surface area contributed by atoms with E-state index in [9.17, 15) is 38.4 Å². The molecule has 1 aromatic heterocycles. The van der Waals surface area contributed by atoms with Crippen molar-refractivity contribution in [3.63, 3.8) is 0 Å². The van der Waals surface area contributed by atoms with E-state index in [0.29, 0.717) is 0 Å². The Morgan fingerprint density at radius 2 is 1.39 bits per heavy atom. The van der Waals surface area contributed by atoms with Crippen LogP contribution in [0.3, 0.4) is 0 Å². The van der Waals surface area contributed by atoms with Crippen LogP contribution in [0, 0.1) is 11.8 Å². The molecule has 0 aliphatic carbocycles. The fraction of sp³-hybridized carbons (Fsp3) is 0.641. The van der Waals surface area contributed by atoms with E-state index in [1.807, 2.05) is 0 Å². The van der Waals surface area contributed by atoms with E-state index >= 15 is 0 Å². The van der Waals surface area contributed by atoms with Crippen LogP contribution in [-0.2, 0) is 62.0 Å². The largest absolute Gasteiger partial charge is 0.511 e. The van der Waals surface area contributed by atoms with E-state index in [2.05, 4.69) is 26.1 Å². The second kappa shape index (κ2) is 22.7. The minimum absolute atomic E-state index is 0.131. The van der Waals surface area contributed by atoms with Crippen molar-refractivity contribution in [2.45, 2.75) is 123 Å². The molecule has 0 saturated carbocycles. The number of carbonyl (C=O) groups excluding carboxylic acids is 8. The summed E-state index contributed by atoms with van der Waals surface area (Å²) in [6.45, 7) is 16.1. The van der Waals surface area contributed by atoms with Crippen LogP contribution in [0.15, 0.2) is 22.3 Å². The maximum absolute atomic E-state index is 13.3. The molecule has 4 amide bonds. The van der Waals surface area contributed by atoms with Gasteiger partial charge in [0.2, 0.25) is 6.29 Å². The van der Waals surface area contributed by atoms with Gasteiger partial charge in [-0.2, -0.15) is 0 Å². The van der Waals surface area contributed by atoms with E-state index in [-0.39, 0.29) is 28.0 Å². The van der Waals surface area contributed by atoms with Crippen LogP contribution in [0.4, 0.5) is 19.5 Å². The fourth-order valence-corrected chi connectivity index (χ4v) is 7.22. The number of oxime groups is 1. The van der Waals surface area contributed by atoms with Crippen molar-refractivity contribution < 1.29 is 76.4 Å². The number of fused-ring (bicyclic) bond motifs is 1. The van der Waals surface area contributed by atoms with E-state index in [1.165, 1.54) is 37.3 Å². The summed E-state index contributed by atoms with van der Waals surface area (Å²) in [5.74, 6) is -5.13. The molecule has 1 saturated heterocycles. The summed E-state index contributed by atoms with van der Waals surface area (Å²) in [6, 6.07) is -3.49. The number of nitrogen functional groups attached to an aromatic ring is 1. The predicted octanol–water partition coefficient (Wildman–Crippen LogP) is 2.96. The molecule has 0 spiro atoms. The minimum atomic E-state index is -1.63. The Hall–Kier alpha value is -5.85. The predicted molar refractivity (Wildman–Crippen MR) is 228 cm³/mol. The molecule has 3 rings (SSSR count). The zero-order valence-corrected chi connectivity index (χ0v) is 39.3. The Kier molecular flexibility index (Phi) is 18.6. The number of rotatable bonds is 18. The Balaban J connectivity index is 1.68. The van der Waals surface area contributed by atoms with Gasteiger partial charge in [-0.25, -0.2) is 33.8 Å². The van der Waals surface area contributed by atoms with Crippen molar-refractivity contribution in [3.8, 4) is 0 Å². The van der Waals surface area contributed by atoms with Gasteiger partial charge >= 0.3 is 36.2 Å². The van der Waals surface area contributed by atoms with Gasteiger partial charge in [0.25, 0.3) is 11.8 Å². The van der Waals surface area contributed by atoms with E-state index in [0.717, 1.165) is 16.2 Å². The molecule has 2 unspecified atom stereocenters. The number of nitrogens with zero attached hydrogens (tertiary/aromatic N) is 3. The first-order valence-electron chi connectivity index (χ1n) is 19.9. The lowest BCUT2D eigenvalue weighted by Gasteiger charge is -2.48. The first-order chi connectivity index (χ1) is 29.7. The molecular weight excluding hydrogens is 887 g/mol. The van der Waals surface area contributed by atoms with Crippen LogP contribution >= 0.6 is 23.1 Å². The quantitative estimate of drug-likeness (QED) is 0.0411. The van der Waals surface area contributed by atoms with Gasteiger partial charge in [0.1, 0.15) is 66.4 Å². The number of thiazole rings is 1. The fourth-order valence-electron chi connectivity index (χ4n) is 5.48. The van der Waals surface area contributed by atoms with Crippen molar-refractivity contribution in [3.05, 3.63) is 22.8 Å². The third-order valence-corrected chi connectivity index (χ3v) is 10.2. The van der Waals surface area contributed by atoms with E-state index < -0.39 is 120 Å². The summed E-state index contributed by atoms with van der Waals surface area (Å²) in [4.78, 5) is 114. The summed E-state index contributed by atoms with van der Waals surface area (Å²) in [5, 5.41) is 12.1. The Morgan fingerprint density at radius 1 is 0.859 bits per heavy atom. The molecule has 64 heavy (non-hydrogen) atoms. The highest BCUT2D eigenvalue weighted by molar-refractivity contribution is 8.00. The van der Waals surface area contributed by atoms with Gasteiger partial charge in [0.15, 0.2) is 16.9 Å². The number of ether oxygens (including phenoxy) is 7. The van der Waals surface area contributed by atoms with Gasteiger partial charge in [-0.3, -0.25) is 14.5 Å². The lowest BCUT2D eigenvalue weighted by Crippen LogP contribution is -2.70. The summed E-state index contributed by atoms with van der Waals surface area (Å²) >= 11 is 2.32. The lowest BCUT2D eigenvalue weighted by molar-refractivity contribution is -0.173. The van der Waals surface area contributed by atoms with Crippen LogP contribution in [0.2, 0.25) is 0 Å². The van der Waals surface area contributed by atoms with E-state index in [1.54, 1.807) is 69.2 Å². The van der Waals surface area contributed by atoms with Gasteiger partial charge in [0, 0.05) is 18.1 Å². The molecule has 2 aliphatic heterocycles. The number of nitrogens with one attached hydrogen (secondary N) is 3. The van der Waals surface area contributed by atoms with Crippen molar-refractivity contribution >= 4 is 82.0 Å². The highest BCUT2D eigenvalue weighted by Crippen LogP contribution is 2.38. The monoisotopic (exact) mass is 943 g/mol. The van der Waals surface area contributed by atoms with Crippen molar-refractivity contribution in [1.82, 2.24) is 25.8 Å². The second-order valence-electron chi connectivity index (χ2n) is 16.7. The SMILES string of the molecule is CO/N=C(\C(=O)NC1C(=O)N2C(C(=O)OC(C)OC(=O)OC(COC(=O)[C@@H](NC(=O)OC(C)(C)C)C(C)C)COC(=O)[C@@H](NC(=O)OC(C)(C)C)C(C)C)=CCS[C@@H]12)c1csc(N)n1. The normalized spacial score (nSPS) is 17.7. The Bertz CT molecular complexity index is 1900. The van der Waals surface area contributed by atoms with Crippen LogP contribution in [-0.4, -0.2) is 137 Å². The molecule has 3 heterocycles. The van der Waals surface area contributed by atoms with Gasteiger partial charge in [-0.05, 0) is 59.5 Å². The lowest BCUT2D eigenvalue weighted by atomic mass is 10.0. The van der Waals surface area contributed by atoms with Gasteiger partial charge in [0.05, 0.1) is 0 Å². The molecule has 5 atom stereocenters. The maximum Gasteiger partial charge on any atom is 0.511 e. The molecule has 23 nitrogen and oxygen atoms in total. The smallest absolute Gasteiger partial charge is 0.460 e. The molecule has 0 radical (unpaired) electrons. The molecule has 1 aromatic rings. The topological polar surface area (TPSA) is 301 Å². The number of amides is 4. The Morgan fingerprint density at radius 3 is 1.84 bits per heavy atom. The number of hydrogen-bond acceptors (Lipinski definition) is 21. The number of nitrogens with two attached hydrogens (primary N) is 1. The zero-order chi connectivity index (χ0) is 48.3. The number of carbonyl (C=O) groups is 8. The summed E-state index contributed by atoms with van der Waals surface area (Å²) in [7, 11) is 1.23. The van der Waals surface area contributed by atoms with Crippen LogP contribution in [0.1, 0.15) is 81.9 Å². The van der Waals surface area contributed by atoms with Crippen LogP contribution < -0.4 is 21.7 Å². The Labute approximate surface area is 378 Å². The number of β-lactam (4-membered cyclic amide) rings is 1. The van der Waals surface area contributed by atoms with Gasteiger partial charge in [-0.1, -0.05) is 32.9 Å². The number of thioether (sulfide) groups is 1. The molecule has 0 bridgehead atoms. The van der Waals surface area contributed by atoms with Crippen molar-refractivity contribution in [1.29, 1.82) is 0 Å². The second-order valence-corrected chi connectivity index (χ2v) is 18.8. The van der Waals surface area contributed by atoms with Gasteiger partial charge < -0.3 is 59.7 Å². The number of alkyl carbamates (subject to hydrolysis) is 2. The molecule has 5 N–H and O–H groups in total.